The zero-order valence-electron chi connectivity index (χ0n) is 13.2. The van der Waals surface area contributed by atoms with E-state index in [1.54, 1.807) is 12.4 Å². The SMILES string of the molecule is CC(C)N1C[C@@H](C(=O)N2CCC[C@H]2c2ccncc2)CC1=O. The van der Waals surface area contributed by atoms with Gasteiger partial charge in [-0.2, -0.15) is 0 Å². The highest BCUT2D eigenvalue weighted by Gasteiger charge is 2.40. The number of amides is 2. The third-order valence-corrected chi connectivity index (χ3v) is 4.76. The van der Waals surface area contributed by atoms with Gasteiger partial charge in [-0.15, -0.1) is 0 Å². The van der Waals surface area contributed by atoms with E-state index in [-0.39, 0.29) is 29.8 Å². The van der Waals surface area contributed by atoms with Crippen LogP contribution in [-0.4, -0.2) is 45.7 Å². The monoisotopic (exact) mass is 301 g/mol. The molecule has 2 amide bonds. The second-order valence-electron chi connectivity index (χ2n) is 6.51. The summed E-state index contributed by atoms with van der Waals surface area (Å²) in [5.41, 5.74) is 1.14. The molecule has 2 aliphatic heterocycles. The molecule has 0 bridgehead atoms. The molecule has 2 fully saturated rings. The molecule has 3 heterocycles. The molecule has 0 saturated carbocycles. The predicted molar refractivity (Wildman–Crippen MR) is 82.9 cm³/mol. The lowest BCUT2D eigenvalue weighted by atomic mass is 10.0. The molecule has 2 atom stereocenters. The van der Waals surface area contributed by atoms with Crippen LogP contribution in [0.15, 0.2) is 24.5 Å². The highest BCUT2D eigenvalue weighted by atomic mass is 16.2. The van der Waals surface area contributed by atoms with Gasteiger partial charge in [0.1, 0.15) is 0 Å². The van der Waals surface area contributed by atoms with Gasteiger partial charge in [-0.1, -0.05) is 0 Å². The van der Waals surface area contributed by atoms with Crippen LogP contribution >= 0.6 is 0 Å². The van der Waals surface area contributed by atoms with Gasteiger partial charge in [0.15, 0.2) is 0 Å². The molecule has 2 saturated heterocycles. The van der Waals surface area contributed by atoms with Crippen LogP contribution in [-0.2, 0) is 9.59 Å². The first-order valence-corrected chi connectivity index (χ1v) is 8.08. The summed E-state index contributed by atoms with van der Waals surface area (Å²) in [4.78, 5) is 32.8. The van der Waals surface area contributed by atoms with Gasteiger partial charge in [0.25, 0.3) is 0 Å². The van der Waals surface area contributed by atoms with E-state index in [0.717, 1.165) is 24.9 Å². The number of hydrogen-bond acceptors (Lipinski definition) is 3. The van der Waals surface area contributed by atoms with Gasteiger partial charge in [0, 0.05) is 37.9 Å². The van der Waals surface area contributed by atoms with Crippen molar-refractivity contribution in [2.75, 3.05) is 13.1 Å². The molecule has 1 aromatic heterocycles. The molecule has 2 aliphatic rings. The summed E-state index contributed by atoms with van der Waals surface area (Å²) in [5, 5.41) is 0. The van der Waals surface area contributed by atoms with E-state index in [1.165, 1.54) is 0 Å². The topological polar surface area (TPSA) is 53.5 Å². The van der Waals surface area contributed by atoms with Crippen molar-refractivity contribution in [2.45, 2.75) is 45.2 Å². The van der Waals surface area contributed by atoms with Crippen molar-refractivity contribution in [3.63, 3.8) is 0 Å². The fourth-order valence-corrected chi connectivity index (χ4v) is 3.59. The molecule has 1 aromatic rings. The molecule has 0 radical (unpaired) electrons. The van der Waals surface area contributed by atoms with Crippen LogP contribution in [0.1, 0.15) is 44.7 Å². The summed E-state index contributed by atoms with van der Waals surface area (Å²) in [6.07, 6.45) is 5.92. The second kappa shape index (κ2) is 6.07. The molecule has 0 unspecified atom stereocenters. The van der Waals surface area contributed by atoms with Crippen LogP contribution in [0, 0.1) is 5.92 Å². The van der Waals surface area contributed by atoms with Crippen molar-refractivity contribution in [1.29, 1.82) is 0 Å². The smallest absolute Gasteiger partial charge is 0.228 e. The van der Waals surface area contributed by atoms with Crippen molar-refractivity contribution < 1.29 is 9.59 Å². The number of carbonyl (C=O) groups is 2. The maximum atomic E-state index is 12.9. The minimum absolute atomic E-state index is 0.105. The summed E-state index contributed by atoms with van der Waals surface area (Å²) in [6, 6.07) is 4.27. The van der Waals surface area contributed by atoms with Gasteiger partial charge in [-0.05, 0) is 44.4 Å². The van der Waals surface area contributed by atoms with Gasteiger partial charge < -0.3 is 9.80 Å². The zero-order valence-corrected chi connectivity index (χ0v) is 13.2. The first-order valence-electron chi connectivity index (χ1n) is 8.08. The van der Waals surface area contributed by atoms with E-state index < -0.39 is 0 Å². The quantitative estimate of drug-likeness (QED) is 0.858. The van der Waals surface area contributed by atoms with E-state index in [2.05, 4.69) is 4.98 Å². The third-order valence-electron chi connectivity index (χ3n) is 4.76. The Morgan fingerprint density at radius 3 is 2.68 bits per heavy atom. The van der Waals surface area contributed by atoms with Crippen molar-refractivity contribution >= 4 is 11.8 Å². The van der Waals surface area contributed by atoms with Crippen molar-refractivity contribution in [2.24, 2.45) is 5.92 Å². The fourth-order valence-electron chi connectivity index (χ4n) is 3.59. The Kier molecular flexibility index (Phi) is 4.14. The number of nitrogens with zero attached hydrogens (tertiary/aromatic N) is 3. The van der Waals surface area contributed by atoms with E-state index in [4.69, 9.17) is 0 Å². The Balaban J connectivity index is 1.73. The maximum absolute atomic E-state index is 12.9. The molecular formula is C17H23N3O2. The van der Waals surface area contributed by atoms with E-state index >= 15 is 0 Å². The molecule has 0 aliphatic carbocycles. The minimum Gasteiger partial charge on any atom is -0.339 e. The van der Waals surface area contributed by atoms with Crippen LogP contribution < -0.4 is 0 Å². The van der Waals surface area contributed by atoms with Gasteiger partial charge in [0.05, 0.1) is 12.0 Å². The molecule has 118 valence electrons. The first-order chi connectivity index (χ1) is 10.6. The van der Waals surface area contributed by atoms with Gasteiger partial charge in [-0.25, -0.2) is 0 Å². The van der Waals surface area contributed by atoms with Crippen LogP contribution in [0.5, 0.6) is 0 Å². The van der Waals surface area contributed by atoms with Crippen LogP contribution in [0.25, 0.3) is 0 Å². The number of rotatable bonds is 3. The third kappa shape index (κ3) is 2.72. The number of pyridine rings is 1. The summed E-state index contributed by atoms with van der Waals surface area (Å²) in [7, 11) is 0. The standard InChI is InChI=1S/C17H23N3O2/c1-12(2)20-11-14(10-16(20)21)17(22)19-9-3-4-15(19)13-5-7-18-8-6-13/h5-8,12,14-15H,3-4,9-11H2,1-2H3/t14-,15-/m0/s1. The maximum Gasteiger partial charge on any atom is 0.228 e. The summed E-state index contributed by atoms with van der Waals surface area (Å²) in [6.45, 7) is 5.36. The average Bonchev–Trinajstić information content (AvgIpc) is 3.14. The Hall–Kier alpha value is -1.91. The average molecular weight is 301 g/mol. The van der Waals surface area contributed by atoms with Crippen molar-refractivity contribution in [1.82, 2.24) is 14.8 Å². The molecule has 0 spiro atoms. The zero-order chi connectivity index (χ0) is 15.7. The number of likely N-dealkylation sites (tertiary alicyclic amines) is 2. The molecule has 3 rings (SSSR count). The summed E-state index contributed by atoms with van der Waals surface area (Å²) < 4.78 is 0. The minimum atomic E-state index is -0.183. The predicted octanol–water partition coefficient (Wildman–Crippen LogP) is 2.00. The highest BCUT2D eigenvalue weighted by Crippen LogP contribution is 2.34. The molecule has 5 heteroatoms. The normalized spacial score (nSPS) is 25.3. The lowest BCUT2D eigenvalue weighted by Crippen LogP contribution is -2.38. The van der Waals surface area contributed by atoms with Crippen molar-refractivity contribution in [3.8, 4) is 0 Å². The number of carbonyl (C=O) groups excluding carboxylic acids is 2. The van der Waals surface area contributed by atoms with Gasteiger partial charge in [-0.3, -0.25) is 14.6 Å². The number of hydrogen-bond donors (Lipinski definition) is 0. The van der Waals surface area contributed by atoms with Gasteiger partial charge >= 0.3 is 0 Å². The van der Waals surface area contributed by atoms with Crippen LogP contribution in [0.3, 0.4) is 0 Å². The summed E-state index contributed by atoms with van der Waals surface area (Å²) in [5.74, 6) is 0.0566. The van der Waals surface area contributed by atoms with E-state index in [9.17, 15) is 9.59 Å². The lowest BCUT2D eigenvalue weighted by Gasteiger charge is -2.28. The molecule has 0 N–H and O–H groups in total. The van der Waals surface area contributed by atoms with E-state index in [1.807, 2.05) is 35.8 Å². The number of aromatic nitrogens is 1. The Morgan fingerprint density at radius 2 is 2.05 bits per heavy atom. The Morgan fingerprint density at radius 1 is 1.32 bits per heavy atom. The largest absolute Gasteiger partial charge is 0.339 e. The van der Waals surface area contributed by atoms with E-state index in [0.29, 0.717) is 13.0 Å². The van der Waals surface area contributed by atoms with Crippen LogP contribution in [0.2, 0.25) is 0 Å². The lowest BCUT2D eigenvalue weighted by molar-refractivity contribution is -0.136. The van der Waals surface area contributed by atoms with Crippen molar-refractivity contribution in [3.05, 3.63) is 30.1 Å². The fraction of sp³-hybridized carbons (Fsp3) is 0.588. The van der Waals surface area contributed by atoms with Gasteiger partial charge in [0.2, 0.25) is 11.8 Å². The first kappa shape index (κ1) is 15.0. The Labute approximate surface area is 131 Å². The Bertz CT molecular complexity index is 558. The molecule has 0 aromatic carbocycles. The second-order valence-corrected chi connectivity index (χ2v) is 6.51. The van der Waals surface area contributed by atoms with Crippen LogP contribution in [0.4, 0.5) is 0 Å². The molecule has 5 nitrogen and oxygen atoms in total. The highest BCUT2D eigenvalue weighted by molar-refractivity contribution is 5.89. The molecular weight excluding hydrogens is 278 g/mol. The molecule has 22 heavy (non-hydrogen) atoms. The summed E-state index contributed by atoms with van der Waals surface area (Å²) >= 11 is 0.